The van der Waals surface area contributed by atoms with Crippen molar-refractivity contribution in [1.82, 2.24) is 19.4 Å². The van der Waals surface area contributed by atoms with Crippen LogP contribution in [0.4, 0.5) is 4.79 Å². The van der Waals surface area contributed by atoms with Gasteiger partial charge in [0, 0.05) is 44.9 Å². The fourth-order valence-electron chi connectivity index (χ4n) is 4.55. The van der Waals surface area contributed by atoms with Crippen molar-refractivity contribution in [3.63, 3.8) is 0 Å². The fraction of sp³-hybridized carbons (Fsp3) is 0.517. The number of carbonyl (C=O) groups excluding carboxylic acids is 2. The first-order valence-electron chi connectivity index (χ1n) is 13.4. The van der Waals surface area contributed by atoms with Crippen molar-refractivity contribution in [2.24, 2.45) is 0 Å². The number of nitrogens with zero attached hydrogens (tertiary/aromatic N) is 3. The molecular weight excluding hydrogens is 516 g/mol. The van der Waals surface area contributed by atoms with Crippen molar-refractivity contribution in [3.8, 4) is 0 Å². The zero-order valence-electron chi connectivity index (χ0n) is 23.7. The number of ether oxygens (including phenoxy) is 1. The average Bonchev–Trinajstić information content (AvgIpc) is 2.90. The number of hydrogen-bond acceptors (Lipinski definition) is 5. The van der Waals surface area contributed by atoms with Crippen LogP contribution >= 0.6 is 0 Å². The van der Waals surface area contributed by atoms with Crippen LogP contribution < -0.4 is 5.32 Å². The lowest BCUT2D eigenvalue weighted by molar-refractivity contribution is -0.135. The lowest BCUT2D eigenvalue weighted by Crippen LogP contribution is -2.54. The van der Waals surface area contributed by atoms with Crippen molar-refractivity contribution < 1.29 is 22.7 Å². The molecule has 214 valence electrons. The Kier molecular flexibility index (Phi) is 10.5. The van der Waals surface area contributed by atoms with Gasteiger partial charge in [-0.1, -0.05) is 48.0 Å². The lowest BCUT2D eigenvalue weighted by atomic mass is 10.0. The average molecular weight is 559 g/mol. The number of aryl methyl sites for hydroxylation is 1. The van der Waals surface area contributed by atoms with Gasteiger partial charge < -0.3 is 19.9 Å². The minimum atomic E-state index is -3.90. The van der Waals surface area contributed by atoms with Crippen LogP contribution in [0.1, 0.15) is 44.7 Å². The number of hydrogen-bond donors (Lipinski definition) is 1. The molecule has 0 aliphatic carbocycles. The van der Waals surface area contributed by atoms with Crippen molar-refractivity contribution in [2.45, 2.75) is 63.6 Å². The summed E-state index contributed by atoms with van der Waals surface area (Å²) in [6, 6.07) is 15.9. The van der Waals surface area contributed by atoms with E-state index in [1.807, 2.05) is 52.0 Å². The molecule has 0 spiro atoms. The number of piperidine rings is 1. The van der Waals surface area contributed by atoms with Crippen LogP contribution in [0.15, 0.2) is 59.5 Å². The van der Waals surface area contributed by atoms with E-state index < -0.39 is 10.0 Å². The highest BCUT2D eigenvalue weighted by atomic mass is 32.2. The van der Waals surface area contributed by atoms with E-state index in [2.05, 4.69) is 5.32 Å². The number of methoxy groups -OCH3 is 1. The Labute approximate surface area is 233 Å². The second-order valence-electron chi connectivity index (χ2n) is 11.1. The van der Waals surface area contributed by atoms with Gasteiger partial charge in [0.15, 0.2) is 0 Å². The van der Waals surface area contributed by atoms with Crippen LogP contribution in [0.3, 0.4) is 0 Å². The zero-order valence-corrected chi connectivity index (χ0v) is 24.5. The van der Waals surface area contributed by atoms with E-state index in [4.69, 9.17) is 4.74 Å². The molecule has 39 heavy (non-hydrogen) atoms. The summed E-state index contributed by atoms with van der Waals surface area (Å²) in [5.41, 5.74) is 1.75. The normalized spacial score (nSPS) is 14.9. The summed E-state index contributed by atoms with van der Waals surface area (Å²) in [5.74, 6) is -0.274. The number of amides is 3. The Balaban J connectivity index is 1.81. The van der Waals surface area contributed by atoms with E-state index in [9.17, 15) is 18.0 Å². The smallest absolute Gasteiger partial charge is 0.317 e. The summed E-state index contributed by atoms with van der Waals surface area (Å²) in [7, 11) is -2.40. The molecule has 0 radical (unpaired) electrons. The number of urea groups is 1. The standard InChI is InChI=1S/C29H42N4O5S/c1-23-11-13-24(14-12-23)21-33(25-15-17-31(18-16-25)28(35)30-29(2,3)4)27(34)22-32(19-20-38-5)39(36,37)26-9-7-6-8-10-26/h6-14,25H,15-22H2,1-5H3,(H,30,35). The van der Waals surface area contributed by atoms with Gasteiger partial charge in [0.1, 0.15) is 0 Å². The van der Waals surface area contributed by atoms with Crippen LogP contribution in [0.2, 0.25) is 0 Å². The Hall–Kier alpha value is -2.95. The molecule has 0 unspecified atom stereocenters. The van der Waals surface area contributed by atoms with E-state index in [1.165, 1.54) is 23.5 Å². The summed E-state index contributed by atoms with van der Waals surface area (Å²) < 4.78 is 33.3. The van der Waals surface area contributed by atoms with Crippen LogP contribution in [0.25, 0.3) is 0 Å². The Morgan fingerprint density at radius 1 is 1.03 bits per heavy atom. The number of sulfonamides is 1. The molecule has 3 rings (SSSR count). The SMILES string of the molecule is COCCN(CC(=O)N(Cc1ccc(C)cc1)C1CCN(C(=O)NC(C)(C)C)CC1)S(=O)(=O)c1ccccc1. The van der Waals surface area contributed by atoms with Gasteiger partial charge >= 0.3 is 6.03 Å². The van der Waals surface area contributed by atoms with Crippen LogP contribution in [0, 0.1) is 6.92 Å². The number of rotatable bonds is 10. The molecule has 2 aromatic rings. The summed E-state index contributed by atoms with van der Waals surface area (Å²) >= 11 is 0. The van der Waals surface area contributed by atoms with Gasteiger partial charge in [0.05, 0.1) is 18.0 Å². The van der Waals surface area contributed by atoms with Crippen LogP contribution in [-0.4, -0.2) is 85.9 Å². The molecule has 1 N–H and O–H groups in total. The van der Waals surface area contributed by atoms with Crippen LogP contribution in [0.5, 0.6) is 0 Å². The van der Waals surface area contributed by atoms with Gasteiger partial charge in [-0.25, -0.2) is 13.2 Å². The highest BCUT2D eigenvalue weighted by molar-refractivity contribution is 7.89. The summed E-state index contributed by atoms with van der Waals surface area (Å²) in [4.78, 5) is 30.2. The maximum atomic E-state index is 13.9. The number of carbonyl (C=O) groups is 2. The molecule has 9 nitrogen and oxygen atoms in total. The van der Waals surface area contributed by atoms with E-state index in [0.29, 0.717) is 32.5 Å². The minimum Gasteiger partial charge on any atom is -0.383 e. The van der Waals surface area contributed by atoms with E-state index in [0.717, 1.165) is 11.1 Å². The molecular formula is C29H42N4O5S. The molecule has 10 heteroatoms. The molecule has 0 saturated carbocycles. The monoisotopic (exact) mass is 558 g/mol. The van der Waals surface area contributed by atoms with Gasteiger partial charge in [0.2, 0.25) is 15.9 Å². The van der Waals surface area contributed by atoms with Crippen molar-refractivity contribution >= 4 is 22.0 Å². The molecule has 2 aromatic carbocycles. The lowest BCUT2D eigenvalue weighted by Gasteiger charge is -2.40. The summed E-state index contributed by atoms with van der Waals surface area (Å²) in [6.07, 6.45) is 1.22. The number of nitrogens with one attached hydrogen (secondary N) is 1. The molecule has 0 bridgehead atoms. The summed E-state index contributed by atoms with van der Waals surface area (Å²) in [5, 5.41) is 3.00. The maximum Gasteiger partial charge on any atom is 0.317 e. The third-order valence-electron chi connectivity index (χ3n) is 6.71. The molecule has 1 saturated heterocycles. The van der Waals surface area contributed by atoms with E-state index in [-0.39, 0.29) is 48.1 Å². The maximum absolute atomic E-state index is 13.9. The van der Waals surface area contributed by atoms with Gasteiger partial charge in [0.25, 0.3) is 0 Å². The van der Waals surface area contributed by atoms with Crippen molar-refractivity contribution in [2.75, 3.05) is 39.9 Å². The molecule has 1 fully saturated rings. The molecule has 0 aromatic heterocycles. The predicted molar refractivity (Wildman–Crippen MR) is 152 cm³/mol. The molecule has 3 amide bonds. The van der Waals surface area contributed by atoms with Crippen LogP contribution in [-0.2, 0) is 26.1 Å². The predicted octanol–water partition coefficient (Wildman–Crippen LogP) is 3.63. The topological polar surface area (TPSA) is 99.3 Å². The molecule has 1 aliphatic heterocycles. The second-order valence-corrected chi connectivity index (χ2v) is 13.0. The number of likely N-dealkylation sites (tertiary alicyclic amines) is 1. The second kappa shape index (κ2) is 13.4. The largest absolute Gasteiger partial charge is 0.383 e. The first-order chi connectivity index (χ1) is 18.4. The van der Waals surface area contributed by atoms with Gasteiger partial charge in [-0.05, 0) is 58.2 Å². The minimum absolute atomic E-state index is 0.0588. The first kappa shape index (κ1) is 30.6. The van der Waals surface area contributed by atoms with Gasteiger partial charge in [-0.15, -0.1) is 0 Å². The molecule has 0 atom stereocenters. The highest BCUT2D eigenvalue weighted by Gasteiger charge is 2.34. The van der Waals surface area contributed by atoms with E-state index >= 15 is 0 Å². The van der Waals surface area contributed by atoms with Crippen molar-refractivity contribution in [3.05, 3.63) is 65.7 Å². The zero-order chi connectivity index (χ0) is 28.6. The van der Waals surface area contributed by atoms with Gasteiger partial charge in [-0.3, -0.25) is 4.79 Å². The number of benzene rings is 2. The fourth-order valence-corrected chi connectivity index (χ4v) is 5.95. The Bertz CT molecular complexity index is 1190. The van der Waals surface area contributed by atoms with Gasteiger partial charge in [-0.2, -0.15) is 4.31 Å². The molecule has 1 heterocycles. The Morgan fingerprint density at radius 2 is 1.64 bits per heavy atom. The third-order valence-corrected chi connectivity index (χ3v) is 8.57. The third kappa shape index (κ3) is 8.78. The quantitative estimate of drug-likeness (QED) is 0.480. The highest BCUT2D eigenvalue weighted by Crippen LogP contribution is 2.22. The van der Waals surface area contributed by atoms with E-state index in [1.54, 1.807) is 28.0 Å². The first-order valence-corrected chi connectivity index (χ1v) is 14.8. The molecule has 1 aliphatic rings. The van der Waals surface area contributed by atoms with Crippen molar-refractivity contribution in [1.29, 1.82) is 0 Å². The Morgan fingerprint density at radius 3 is 2.21 bits per heavy atom. The summed E-state index contributed by atoms with van der Waals surface area (Å²) in [6.45, 7) is 9.16.